The molecule has 0 aromatic heterocycles. The number of benzene rings is 1. The Balaban J connectivity index is 2.13. The Morgan fingerprint density at radius 1 is 1.45 bits per heavy atom. The van der Waals surface area contributed by atoms with Gasteiger partial charge in [0.05, 0.1) is 0 Å². The van der Waals surface area contributed by atoms with Gasteiger partial charge in [0.1, 0.15) is 12.4 Å². The molecule has 112 valence electrons. The lowest BCUT2D eigenvalue weighted by Crippen LogP contribution is -2.34. The van der Waals surface area contributed by atoms with Gasteiger partial charge in [-0.05, 0) is 43.5 Å². The van der Waals surface area contributed by atoms with Gasteiger partial charge in [0, 0.05) is 6.04 Å². The fourth-order valence-corrected chi connectivity index (χ4v) is 2.51. The smallest absolute Gasteiger partial charge is 0.417 e. The maximum absolute atomic E-state index is 12.3. The summed E-state index contributed by atoms with van der Waals surface area (Å²) in [5, 5.41) is 12.2. The molecule has 0 saturated carbocycles. The molecule has 2 atom stereocenters. The van der Waals surface area contributed by atoms with Gasteiger partial charge < -0.3 is 15.2 Å². The first-order valence-corrected chi connectivity index (χ1v) is 6.60. The third-order valence-electron chi connectivity index (χ3n) is 3.59. The number of aliphatic hydroxyl groups is 1. The molecule has 0 bridgehead atoms. The lowest BCUT2D eigenvalue weighted by atomic mass is 9.87. The zero-order valence-corrected chi connectivity index (χ0v) is 11.2. The topological polar surface area (TPSA) is 41.5 Å². The highest BCUT2D eigenvalue weighted by molar-refractivity contribution is 5.43. The van der Waals surface area contributed by atoms with Crippen molar-refractivity contribution < 1.29 is 23.0 Å². The van der Waals surface area contributed by atoms with Gasteiger partial charge in [0.15, 0.2) is 6.10 Å². The summed E-state index contributed by atoms with van der Waals surface area (Å²) in [4.78, 5) is 0. The Hall–Kier alpha value is -1.27. The molecule has 3 nitrogen and oxygen atoms in total. The van der Waals surface area contributed by atoms with Crippen molar-refractivity contribution in [1.82, 2.24) is 5.32 Å². The predicted molar refractivity (Wildman–Crippen MR) is 68.7 cm³/mol. The molecule has 0 heterocycles. The van der Waals surface area contributed by atoms with Crippen LogP contribution in [0.5, 0.6) is 5.75 Å². The van der Waals surface area contributed by atoms with Crippen LogP contribution >= 0.6 is 0 Å². The molecule has 0 aliphatic heterocycles. The average molecular weight is 289 g/mol. The summed E-state index contributed by atoms with van der Waals surface area (Å²) in [5.74, 6) is 0.436. The lowest BCUT2D eigenvalue weighted by molar-refractivity contribution is -0.210. The largest absolute Gasteiger partial charge is 0.490 e. The van der Waals surface area contributed by atoms with Crippen molar-refractivity contribution >= 4 is 0 Å². The summed E-state index contributed by atoms with van der Waals surface area (Å²) in [5.41, 5.74) is 2.00. The van der Waals surface area contributed by atoms with E-state index in [2.05, 4.69) is 5.32 Å². The number of alkyl halides is 3. The summed E-state index contributed by atoms with van der Waals surface area (Å²) < 4.78 is 42.0. The lowest BCUT2D eigenvalue weighted by Gasteiger charge is -2.27. The average Bonchev–Trinajstić information content (AvgIpc) is 2.42. The molecule has 1 aliphatic carbocycles. The van der Waals surface area contributed by atoms with E-state index in [4.69, 9.17) is 9.84 Å². The van der Waals surface area contributed by atoms with Gasteiger partial charge in [0.2, 0.25) is 0 Å². The molecule has 2 N–H and O–H groups in total. The van der Waals surface area contributed by atoms with Crippen LogP contribution in [0.3, 0.4) is 0 Å². The molecular weight excluding hydrogens is 271 g/mol. The minimum absolute atomic E-state index is 0.204. The van der Waals surface area contributed by atoms with Crippen LogP contribution in [0.15, 0.2) is 18.2 Å². The Morgan fingerprint density at radius 3 is 2.85 bits per heavy atom. The number of hydrogen-bond acceptors (Lipinski definition) is 3. The molecule has 6 heteroatoms. The first kappa shape index (κ1) is 15.1. The summed E-state index contributed by atoms with van der Waals surface area (Å²) >= 11 is 0. The Kier molecular flexibility index (Phi) is 4.55. The van der Waals surface area contributed by atoms with E-state index in [0.717, 1.165) is 30.4 Å². The molecule has 2 rings (SSSR count). The number of aliphatic hydroxyl groups excluding tert-OH is 1. The predicted octanol–water partition coefficient (Wildman–Crippen LogP) is 2.59. The van der Waals surface area contributed by atoms with E-state index >= 15 is 0 Å². The fourth-order valence-electron chi connectivity index (χ4n) is 2.51. The highest BCUT2D eigenvalue weighted by atomic mass is 19.4. The van der Waals surface area contributed by atoms with Gasteiger partial charge in [0.25, 0.3) is 0 Å². The van der Waals surface area contributed by atoms with Crippen molar-refractivity contribution in [1.29, 1.82) is 0 Å². The molecule has 0 saturated heterocycles. The van der Waals surface area contributed by atoms with E-state index in [1.54, 1.807) is 12.1 Å². The number of halogens is 3. The minimum atomic E-state index is -4.65. The van der Waals surface area contributed by atoms with E-state index in [9.17, 15) is 13.2 Å². The van der Waals surface area contributed by atoms with Crippen molar-refractivity contribution in [2.45, 2.75) is 37.6 Å². The second kappa shape index (κ2) is 6.01. The number of hydrogen-bond donors (Lipinski definition) is 2. The molecule has 1 aromatic carbocycles. The Morgan fingerprint density at radius 2 is 2.20 bits per heavy atom. The highest BCUT2D eigenvalue weighted by Gasteiger charge is 2.39. The molecule has 2 unspecified atom stereocenters. The maximum atomic E-state index is 12.3. The standard InChI is InChI=1S/C14H18F3NO2/c1-18-11-6-2-5-10-9(11)4-3-7-12(10)20-8-13(19)14(15,16)17/h3-4,7,11,13,18-19H,2,5-6,8H2,1H3. The van der Waals surface area contributed by atoms with Gasteiger partial charge >= 0.3 is 6.18 Å². The zero-order valence-electron chi connectivity index (χ0n) is 11.2. The van der Waals surface area contributed by atoms with E-state index in [1.807, 2.05) is 13.1 Å². The second-order valence-electron chi connectivity index (χ2n) is 4.93. The third kappa shape index (κ3) is 3.24. The van der Waals surface area contributed by atoms with Crippen molar-refractivity contribution in [2.75, 3.05) is 13.7 Å². The van der Waals surface area contributed by atoms with Crippen LogP contribution in [0.25, 0.3) is 0 Å². The molecular formula is C14H18F3NO2. The van der Waals surface area contributed by atoms with Crippen LogP contribution in [0, 0.1) is 0 Å². The normalized spacial score (nSPS) is 20.4. The fraction of sp³-hybridized carbons (Fsp3) is 0.571. The number of ether oxygens (including phenoxy) is 1. The van der Waals surface area contributed by atoms with Gasteiger partial charge in [-0.2, -0.15) is 13.2 Å². The van der Waals surface area contributed by atoms with Crippen LogP contribution in [0.1, 0.15) is 30.0 Å². The molecule has 1 aliphatic rings. The van der Waals surface area contributed by atoms with Crippen molar-refractivity contribution in [3.05, 3.63) is 29.3 Å². The van der Waals surface area contributed by atoms with Crippen LogP contribution in [0.2, 0.25) is 0 Å². The van der Waals surface area contributed by atoms with Crippen LogP contribution in [0.4, 0.5) is 13.2 Å². The van der Waals surface area contributed by atoms with Gasteiger partial charge in [-0.3, -0.25) is 0 Å². The molecule has 20 heavy (non-hydrogen) atoms. The Bertz CT molecular complexity index is 462. The minimum Gasteiger partial charge on any atom is -0.490 e. The SMILES string of the molecule is CNC1CCCc2c(OCC(O)C(F)(F)F)cccc21. The van der Waals surface area contributed by atoms with Crippen LogP contribution in [-0.2, 0) is 6.42 Å². The monoisotopic (exact) mass is 289 g/mol. The zero-order chi connectivity index (χ0) is 14.8. The first-order valence-electron chi connectivity index (χ1n) is 6.60. The first-order chi connectivity index (χ1) is 9.43. The number of rotatable bonds is 4. The van der Waals surface area contributed by atoms with Crippen LogP contribution in [-0.4, -0.2) is 31.0 Å². The molecule has 0 fully saturated rings. The Labute approximate surface area is 115 Å². The number of nitrogens with one attached hydrogen (secondary N) is 1. The summed E-state index contributed by atoms with van der Waals surface area (Å²) in [7, 11) is 1.86. The van der Waals surface area contributed by atoms with Crippen molar-refractivity contribution in [3.63, 3.8) is 0 Å². The van der Waals surface area contributed by atoms with E-state index < -0.39 is 18.9 Å². The summed E-state index contributed by atoms with van der Waals surface area (Å²) in [6.07, 6.45) is -4.37. The van der Waals surface area contributed by atoms with E-state index in [0.29, 0.717) is 5.75 Å². The van der Waals surface area contributed by atoms with Crippen molar-refractivity contribution in [2.24, 2.45) is 0 Å². The van der Waals surface area contributed by atoms with E-state index in [1.165, 1.54) is 0 Å². The van der Waals surface area contributed by atoms with Gasteiger partial charge in [-0.15, -0.1) is 0 Å². The molecule has 0 amide bonds. The maximum Gasteiger partial charge on any atom is 0.417 e. The summed E-state index contributed by atoms with van der Waals surface area (Å²) in [6, 6.07) is 5.58. The summed E-state index contributed by atoms with van der Waals surface area (Å²) in [6.45, 7) is -0.774. The molecule has 0 radical (unpaired) electrons. The highest BCUT2D eigenvalue weighted by Crippen LogP contribution is 2.35. The van der Waals surface area contributed by atoms with Crippen molar-refractivity contribution in [3.8, 4) is 5.75 Å². The molecule has 0 spiro atoms. The quantitative estimate of drug-likeness (QED) is 0.895. The van der Waals surface area contributed by atoms with Gasteiger partial charge in [-0.25, -0.2) is 0 Å². The number of fused-ring (bicyclic) bond motifs is 1. The van der Waals surface area contributed by atoms with E-state index in [-0.39, 0.29) is 6.04 Å². The third-order valence-corrected chi connectivity index (χ3v) is 3.59. The second-order valence-corrected chi connectivity index (χ2v) is 4.93. The van der Waals surface area contributed by atoms with Crippen LogP contribution < -0.4 is 10.1 Å². The molecule has 1 aromatic rings. The van der Waals surface area contributed by atoms with Gasteiger partial charge in [-0.1, -0.05) is 12.1 Å².